The Morgan fingerprint density at radius 2 is 2.11 bits per heavy atom. The SMILES string of the molecule is N#Cc1ccc(C(O)C(=O)O)c(C(=O)CCBr)c1. The van der Waals surface area contributed by atoms with Crippen molar-refractivity contribution in [1.82, 2.24) is 0 Å². The molecular weight excluding hydrogens is 302 g/mol. The van der Waals surface area contributed by atoms with Gasteiger partial charge in [0.2, 0.25) is 0 Å². The van der Waals surface area contributed by atoms with Gasteiger partial charge in [-0.25, -0.2) is 4.79 Å². The van der Waals surface area contributed by atoms with Gasteiger partial charge in [0.05, 0.1) is 11.6 Å². The first kappa shape index (κ1) is 14.4. The lowest BCUT2D eigenvalue weighted by molar-refractivity contribution is -0.146. The molecular formula is C12H10BrNO4. The Bertz CT molecular complexity index is 521. The number of alkyl halides is 1. The highest BCUT2D eigenvalue weighted by Crippen LogP contribution is 2.21. The van der Waals surface area contributed by atoms with Crippen molar-refractivity contribution in [2.24, 2.45) is 0 Å². The van der Waals surface area contributed by atoms with Crippen molar-refractivity contribution < 1.29 is 19.8 Å². The summed E-state index contributed by atoms with van der Waals surface area (Å²) in [4.78, 5) is 22.6. The van der Waals surface area contributed by atoms with E-state index < -0.39 is 12.1 Å². The fourth-order valence-electron chi connectivity index (χ4n) is 1.46. The molecule has 0 aliphatic rings. The zero-order valence-corrected chi connectivity index (χ0v) is 10.8. The molecule has 0 aliphatic carbocycles. The van der Waals surface area contributed by atoms with Crippen molar-refractivity contribution in [2.45, 2.75) is 12.5 Å². The summed E-state index contributed by atoms with van der Waals surface area (Å²) < 4.78 is 0. The molecule has 5 nitrogen and oxygen atoms in total. The molecule has 0 bridgehead atoms. The van der Waals surface area contributed by atoms with Crippen LogP contribution in [0.2, 0.25) is 0 Å². The van der Waals surface area contributed by atoms with Crippen LogP contribution in [0.4, 0.5) is 0 Å². The van der Waals surface area contributed by atoms with Crippen molar-refractivity contribution in [3.8, 4) is 6.07 Å². The van der Waals surface area contributed by atoms with Gasteiger partial charge in [0.15, 0.2) is 11.9 Å². The Morgan fingerprint density at radius 3 is 2.61 bits per heavy atom. The number of halogens is 1. The molecule has 0 amide bonds. The van der Waals surface area contributed by atoms with E-state index in [-0.39, 0.29) is 28.9 Å². The maximum Gasteiger partial charge on any atom is 0.337 e. The van der Waals surface area contributed by atoms with E-state index in [1.54, 1.807) is 0 Å². The number of carboxylic acid groups (broad SMARTS) is 1. The largest absolute Gasteiger partial charge is 0.479 e. The van der Waals surface area contributed by atoms with Crippen molar-refractivity contribution in [1.29, 1.82) is 5.26 Å². The second-order valence-corrected chi connectivity index (χ2v) is 4.31. The standard InChI is InChI=1S/C12H10BrNO4/c13-4-3-10(15)9-5-7(6-14)1-2-8(9)11(16)12(17)18/h1-2,5,11,16H,3-4H2,(H,17,18). The Kier molecular flexibility index (Phi) is 5.01. The molecule has 6 heteroatoms. The van der Waals surface area contributed by atoms with Crippen molar-refractivity contribution in [3.63, 3.8) is 0 Å². The third-order valence-electron chi connectivity index (χ3n) is 2.33. The number of nitrogens with zero attached hydrogens (tertiary/aromatic N) is 1. The van der Waals surface area contributed by atoms with Crippen LogP contribution in [0.3, 0.4) is 0 Å². The summed E-state index contributed by atoms with van der Waals surface area (Å²) >= 11 is 3.11. The summed E-state index contributed by atoms with van der Waals surface area (Å²) in [6, 6.07) is 5.82. The molecule has 0 saturated heterocycles. The molecule has 1 atom stereocenters. The number of rotatable bonds is 5. The van der Waals surface area contributed by atoms with Gasteiger partial charge in [-0.3, -0.25) is 4.79 Å². The molecule has 1 rings (SSSR count). The highest BCUT2D eigenvalue weighted by atomic mass is 79.9. The van der Waals surface area contributed by atoms with Gasteiger partial charge in [0.25, 0.3) is 0 Å². The third kappa shape index (κ3) is 3.15. The topological polar surface area (TPSA) is 98.4 Å². The van der Waals surface area contributed by atoms with Gasteiger partial charge in [-0.05, 0) is 12.1 Å². The maximum absolute atomic E-state index is 11.8. The zero-order chi connectivity index (χ0) is 13.7. The smallest absolute Gasteiger partial charge is 0.337 e. The minimum Gasteiger partial charge on any atom is -0.479 e. The summed E-state index contributed by atoms with van der Waals surface area (Å²) in [5, 5.41) is 27.5. The summed E-state index contributed by atoms with van der Waals surface area (Å²) in [6.07, 6.45) is -1.61. The van der Waals surface area contributed by atoms with Crippen LogP contribution in [-0.4, -0.2) is 27.3 Å². The predicted molar refractivity (Wildman–Crippen MR) is 66.5 cm³/mol. The van der Waals surface area contributed by atoms with Crippen LogP contribution in [-0.2, 0) is 4.79 Å². The fraction of sp³-hybridized carbons (Fsp3) is 0.250. The summed E-state index contributed by atoms with van der Waals surface area (Å²) in [7, 11) is 0. The molecule has 0 spiro atoms. The van der Waals surface area contributed by atoms with Gasteiger partial charge in [0.1, 0.15) is 0 Å². The number of carbonyl (C=O) groups excluding carboxylic acids is 1. The van der Waals surface area contributed by atoms with Gasteiger partial charge in [-0.2, -0.15) is 5.26 Å². The van der Waals surface area contributed by atoms with E-state index in [4.69, 9.17) is 10.4 Å². The first-order valence-electron chi connectivity index (χ1n) is 5.05. The normalized spacial score (nSPS) is 11.6. The van der Waals surface area contributed by atoms with Crippen LogP contribution in [0, 0.1) is 11.3 Å². The number of nitriles is 1. The lowest BCUT2D eigenvalue weighted by atomic mass is 9.96. The third-order valence-corrected chi connectivity index (χ3v) is 2.73. The van der Waals surface area contributed by atoms with Crippen molar-refractivity contribution in [2.75, 3.05) is 5.33 Å². The number of hydrogen-bond donors (Lipinski definition) is 2. The zero-order valence-electron chi connectivity index (χ0n) is 9.26. The highest BCUT2D eigenvalue weighted by Gasteiger charge is 2.22. The average molecular weight is 312 g/mol. The Hall–Kier alpha value is -1.71. The fourth-order valence-corrected chi connectivity index (χ4v) is 1.82. The number of carboxylic acids is 1. The number of aliphatic carboxylic acids is 1. The molecule has 18 heavy (non-hydrogen) atoms. The van der Waals surface area contributed by atoms with E-state index in [0.717, 1.165) is 0 Å². The second kappa shape index (κ2) is 6.28. The monoisotopic (exact) mass is 311 g/mol. The molecule has 0 aliphatic heterocycles. The van der Waals surface area contributed by atoms with E-state index >= 15 is 0 Å². The van der Waals surface area contributed by atoms with Crippen LogP contribution < -0.4 is 0 Å². The molecule has 0 saturated carbocycles. The molecule has 0 heterocycles. The van der Waals surface area contributed by atoms with Gasteiger partial charge >= 0.3 is 5.97 Å². The first-order chi connectivity index (χ1) is 8.51. The van der Waals surface area contributed by atoms with E-state index in [2.05, 4.69) is 15.9 Å². The first-order valence-corrected chi connectivity index (χ1v) is 6.17. The number of aliphatic hydroxyl groups is 1. The highest BCUT2D eigenvalue weighted by molar-refractivity contribution is 9.09. The molecule has 1 aromatic carbocycles. The number of aliphatic hydroxyl groups excluding tert-OH is 1. The van der Waals surface area contributed by atoms with E-state index in [9.17, 15) is 14.7 Å². The summed E-state index contributed by atoms with van der Waals surface area (Å²) in [6.45, 7) is 0. The van der Waals surface area contributed by atoms with Gasteiger partial charge < -0.3 is 10.2 Å². The van der Waals surface area contributed by atoms with E-state index in [1.165, 1.54) is 18.2 Å². The van der Waals surface area contributed by atoms with Crippen LogP contribution >= 0.6 is 15.9 Å². The van der Waals surface area contributed by atoms with Crippen LogP contribution in [0.1, 0.15) is 34.0 Å². The Balaban J connectivity index is 3.29. The quantitative estimate of drug-likeness (QED) is 0.636. The van der Waals surface area contributed by atoms with Crippen LogP contribution in [0.25, 0.3) is 0 Å². The van der Waals surface area contributed by atoms with Gasteiger partial charge in [-0.1, -0.05) is 22.0 Å². The number of carbonyl (C=O) groups is 2. The molecule has 1 aromatic rings. The number of Topliss-reactive ketones (excluding diaryl/α,β-unsaturated/α-hetero) is 1. The molecule has 1 unspecified atom stereocenters. The lowest BCUT2D eigenvalue weighted by Crippen LogP contribution is -2.15. The summed E-state index contributed by atoms with van der Waals surface area (Å²) in [5.74, 6) is -1.76. The number of hydrogen-bond acceptors (Lipinski definition) is 4. The second-order valence-electron chi connectivity index (χ2n) is 3.52. The maximum atomic E-state index is 11.8. The van der Waals surface area contributed by atoms with Crippen LogP contribution in [0.5, 0.6) is 0 Å². The summed E-state index contributed by atoms with van der Waals surface area (Å²) in [5.41, 5.74) is 0.324. The number of ketones is 1. The Labute approximate surface area is 112 Å². The molecule has 0 aromatic heterocycles. The van der Waals surface area contributed by atoms with Crippen LogP contribution in [0.15, 0.2) is 18.2 Å². The van der Waals surface area contributed by atoms with Gasteiger partial charge in [0, 0.05) is 22.9 Å². The lowest BCUT2D eigenvalue weighted by Gasteiger charge is -2.11. The van der Waals surface area contributed by atoms with E-state index in [1.807, 2.05) is 6.07 Å². The van der Waals surface area contributed by atoms with Crippen molar-refractivity contribution >= 4 is 27.7 Å². The minimum absolute atomic E-state index is 0.00690. The number of benzene rings is 1. The molecule has 2 N–H and O–H groups in total. The Morgan fingerprint density at radius 1 is 1.44 bits per heavy atom. The molecule has 0 fully saturated rings. The molecule has 94 valence electrons. The molecule has 0 radical (unpaired) electrons. The van der Waals surface area contributed by atoms with E-state index in [0.29, 0.717) is 5.33 Å². The average Bonchev–Trinajstić information content (AvgIpc) is 2.37. The predicted octanol–water partition coefficient (Wildman–Crippen LogP) is 1.64. The minimum atomic E-state index is -1.77. The van der Waals surface area contributed by atoms with Crippen molar-refractivity contribution in [3.05, 3.63) is 34.9 Å². The van der Waals surface area contributed by atoms with Gasteiger partial charge in [-0.15, -0.1) is 0 Å².